The zero-order valence-corrected chi connectivity index (χ0v) is 34.9. The van der Waals surface area contributed by atoms with E-state index in [1.807, 2.05) is 0 Å². The van der Waals surface area contributed by atoms with Crippen LogP contribution in [0.3, 0.4) is 0 Å². The molecule has 0 radical (unpaired) electrons. The molecule has 0 N–H and O–H groups in total. The molecule has 49 heavy (non-hydrogen) atoms. The van der Waals surface area contributed by atoms with Crippen molar-refractivity contribution in [3.05, 3.63) is 84.0 Å². The molecule has 270 valence electrons. The first-order chi connectivity index (χ1) is 23.0. The van der Waals surface area contributed by atoms with E-state index >= 15 is 0 Å². The number of benzene rings is 2. The molecule has 0 amide bonds. The zero-order chi connectivity index (χ0) is 36.3. The van der Waals surface area contributed by atoms with Crippen LogP contribution in [-0.4, -0.2) is 42.4 Å². The molecule has 4 nitrogen and oxygen atoms in total. The van der Waals surface area contributed by atoms with E-state index in [1.165, 1.54) is 23.1 Å². The Balaban J connectivity index is 1.88. The molecule has 0 saturated heterocycles. The number of hydrogen-bond donors (Lipinski definition) is 0. The number of carbonyl (C=O) groups excluding carboxylic acids is 1. The summed E-state index contributed by atoms with van der Waals surface area (Å²) in [4.78, 5) is 12.7. The maximum Gasteiger partial charge on any atom is 0.330 e. The Morgan fingerprint density at radius 1 is 0.878 bits per heavy atom. The van der Waals surface area contributed by atoms with E-state index in [0.29, 0.717) is 41.0 Å². The van der Waals surface area contributed by atoms with Gasteiger partial charge in [-0.25, -0.2) is 4.79 Å². The zero-order valence-electron chi connectivity index (χ0n) is 32.9. The van der Waals surface area contributed by atoms with Crippen molar-refractivity contribution >= 4 is 33.0 Å². The first-order valence-corrected chi connectivity index (χ1v) is 22.9. The molecule has 0 aromatic heterocycles. The van der Waals surface area contributed by atoms with E-state index in [1.54, 1.807) is 6.08 Å². The van der Waals surface area contributed by atoms with Gasteiger partial charge in [0.25, 0.3) is 8.32 Å². The van der Waals surface area contributed by atoms with E-state index in [4.69, 9.17) is 13.6 Å². The fourth-order valence-corrected chi connectivity index (χ4v) is 20.6. The second-order valence-electron chi connectivity index (χ2n) is 17.1. The van der Waals surface area contributed by atoms with Gasteiger partial charge < -0.3 is 13.6 Å². The minimum atomic E-state index is -2.79. The van der Waals surface area contributed by atoms with Crippen molar-refractivity contribution in [2.75, 3.05) is 13.7 Å². The molecular weight excluding hydrogens is 637 g/mol. The van der Waals surface area contributed by atoms with Crippen LogP contribution in [0.4, 0.5) is 0 Å². The van der Waals surface area contributed by atoms with Crippen LogP contribution in [0.15, 0.2) is 84.0 Å². The maximum absolute atomic E-state index is 12.7. The normalized spacial score (nSPS) is 25.4. The molecule has 4 rings (SSSR count). The molecule has 6 heteroatoms. The minimum absolute atomic E-state index is 0.0852. The third kappa shape index (κ3) is 7.68. The summed E-state index contributed by atoms with van der Waals surface area (Å²) < 4.78 is 20.6. The lowest BCUT2D eigenvalue weighted by Gasteiger charge is -2.54. The topological polar surface area (TPSA) is 44.8 Å². The highest BCUT2D eigenvalue weighted by Gasteiger charge is 2.55. The van der Waals surface area contributed by atoms with Crippen molar-refractivity contribution in [2.24, 2.45) is 29.6 Å². The molecule has 6 atom stereocenters. The SMILES string of the molecule is COC(=O)/C=C(/C)[C@@H]1C(C)=C[C@@H]2[C@H]([C@@H]1CO[Si](c1ccccc1)(c1ccccc1)C(C)(C)C)[C@@H](C)CC[C@@H]2O[Si](C(C)C)(C(C)C)C(C)C. The van der Waals surface area contributed by atoms with Crippen molar-refractivity contribution in [2.45, 2.75) is 124 Å². The number of carbonyl (C=O) groups is 1. The Morgan fingerprint density at radius 3 is 1.84 bits per heavy atom. The molecule has 0 spiro atoms. The lowest BCUT2D eigenvalue weighted by atomic mass is 9.57. The molecule has 0 heterocycles. The van der Waals surface area contributed by atoms with Crippen LogP contribution in [0, 0.1) is 29.6 Å². The van der Waals surface area contributed by atoms with E-state index in [2.05, 4.69) is 150 Å². The third-order valence-electron chi connectivity index (χ3n) is 12.3. The quantitative estimate of drug-likeness (QED) is 0.0956. The summed E-state index contributed by atoms with van der Waals surface area (Å²) in [5.74, 6) is 1.16. The Kier molecular flexibility index (Phi) is 12.9. The van der Waals surface area contributed by atoms with E-state index in [9.17, 15) is 4.79 Å². The predicted octanol–water partition coefficient (Wildman–Crippen LogP) is 10.1. The van der Waals surface area contributed by atoms with Crippen molar-refractivity contribution < 1.29 is 18.4 Å². The van der Waals surface area contributed by atoms with Crippen LogP contribution in [0.2, 0.25) is 21.7 Å². The Hall–Kier alpha value is -2.26. The van der Waals surface area contributed by atoms with Gasteiger partial charge in [-0.15, -0.1) is 0 Å². The van der Waals surface area contributed by atoms with Gasteiger partial charge in [-0.1, -0.05) is 147 Å². The number of allylic oxidation sites excluding steroid dienone is 2. The highest BCUT2D eigenvalue weighted by Crippen LogP contribution is 2.54. The van der Waals surface area contributed by atoms with Crippen molar-refractivity contribution in [1.82, 2.24) is 0 Å². The van der Waals surface area contributed by atoms with Crippen LogP contribution in [0.5, 0.6) is 0 Å². The van der Waals surface area contributed by atoms with Gasteiger partial charge in [0.2, 0.25) is 8.32 Å². The average Bonchev–Trinajstić information content (AvgIpc) is 3.04. The van der Waals surface area contributed by atoms with E-state index in [0.717, 1.165) is 18.4 Å². The molecule has 1 saturated carbocycles. The smallest absolute Gasteiger partial charge is 0.330 e. The number of fused-ring (bicyclic) bond motifs is 1. The lowest BCUT2D eigenvalue weighted by Crippen LogP contribution is -2.67. The van der Waals surface area contributed by atoms with E-state index < -0.39 is 16.6 Å². The number of hydrogen-bond acceptors (Lipinski definition) is 4. The molecular formula is C43H66O4Si2. The Labute approximate surface area is 301 Å². The molecule has 0 unspecified atom stereocenters. The molecule has 2 aromatic rings. The molecule has 0 aliphatic heterocycles. The lowest BCUT2D eigenvalue weighted by molar-refractivity contribution is -0.134. The first kappa shape index (κ1) is 39.5. The van der Waals surface area contributed by atoms with E-state index in [-0.39, 0.29) is 28.9 Å². The van der Waals surface area contributed by atoms with Crippen LogP contribution in [0.25, 0.3) is 0 Å². The summed E-state index contributed by atoms with van der Waals surface area (Å²) in [6.45, 7) is 28.9. The van der Waals surface area contributed by atoms with Crippen molar-refractivity contribution in [1.29, 1.82) is 0 Å². The van der Waals surface area contributed by atoms with Gasteiger partial charge in [0.15, 0.2) is 0 Å². The van der Waals surface area contributed by atoms with Gasteiger partial charge in [0.1, 0.15) is 0 Å². The van der Waals surface area contributed by atoms with Crippen LogP contribution in [-0.2, 0) is 18.4 Å². The van der Waals surface area contributed by atoms with Gasteiger partial charge in [-0.2, -0.15) is 0 Å². The number of ether oxygens (including phenoxy) is 1. The summed E-state index contributed by atoms with van der Waals surface area (Å²) in [7, 11) is -3.44. The summed E-state index contributed by atoms with van der Waals surface area (Å²) in [5.41, 5.74) is 3.98. The van der Waals surface area contributed by atoms with Gasteiger partial charge in [-0.3, -0.25) is 0 Å². The number of rotatable bonds is 12. The van der Waals surface area contributed by atoms with Gasteiger partial charge >= 0.3 is 5.97 Å². The third-order valence-corrected chi connectivity index (χ3v) is 23.4. The van der Waals surface area contributed by atoms with Gasteiger partial charge in [0, 0.05) is 24.5 Å². The van der Waals surface area contributed by atoms with Crippen LogP contribution < -0.4 is 10.4 Å². The number of esters is 1. The molecule has 2 aromatic carbocycles. The highest BCUT2D eigenvalue weighted by atomic mass is 28.4. The summed E-state index contributed by atoms with van der Waals surface area (Å²) >= 11 is 0. The summed E-state index contributed by atoms with van der Waals surface area (Å²) in [5, 5.41) is 2.47. The van der Waals surface area contributed by atoms with Crippen LogP contribution in [0.1, 0.15) is 95.9 Å². The van der Waals surface area contributed by atoms with Crippen molar-refractivity contribution in [3.8, 4) is 0 Å². The standard InChI is InChI=1S/C43H66O4Si2/c1-29(2)48(30(3)4,31(5)6)47-39-25-24-32(7)42-37(39)26-33(8)41(34(9)27-40(44)45-13)38(42)28-46-49(43(10,11)12,35-20-16-14-17-21-35)36-22-18-15-19-23-36/h14-23,26-27,29-32,37-39,41-42H,24-25,28H2,1-13H3/b34-27-/t32-,37-,38+,39-,41-,42+/m0/s1. The monoisotopic (exact) mass is 702 g/mol. The predicted molar refractivity (Wildman–Crippen MR) is 211 cm³/mol. The highest BCUT2D eigenvalue weighted by molar-refractivity contribution is 6.99. The molecule has 2 aliphatic carbocycles. The second kappa shape index (κ2) is 16.0. The molecule has 1 fully saturated rings. The largest absolute Gasteiger partial charge is 0.466 e. The molecule has 0 bridgehead atoms. The maximum atomic E-state index is 12.7. The van der Waals surface area contributed by atoms with Gasteiger partial charge in [0.05, 0.1) is 13.2 Å². The van der Waals surface area contributed by atoms with Crippen LogP contribution >= 0.6 is 0 Å². The Morgan fingerprint density at radius 2 is 1.39 bits per heavy atom. The summed E-state index contributed by atoms with van der Waals surface area (Å²) in [6.07, 6.45) is 6.69. The summed E-state index contributed by atoms with van der Waals surface area (Å²) in [6, 6.07) is 21.9. The van der Waals surface area contributed by atoms with Crippen molar-refractivity contribution in [3.63, 3.8) is 0 Å². The fourth-order valence-electron chi connectivity index (χ4n) is 10.4. The average molecular weight is 703 g/mol. The second-order valence-corrected chi connectivity index (χ2v) is 26.8. The van der Waals surface area contributed by atoms with Gasteiger partial charge in [-0.05, 0) is 76.5 Å². The fraction of sp³-hybridized carbons (Fsp3) is 0.605. The first-order valence-electron chi connectivity index (χ1n) is 18.9. The number of methoxy groups -OCH3 is 1. The molecule has 2 aliphatic rings. The Bertz CT molecular complexity index is 1380. The minimum Gasteiger partial charge on any atom is -0.466 e.